The molecule has 0 aliphatic heterocycles. The highest BCUT2D eigenvalue weighted by molar-refractivity contribution is 7.16. The molecule has 3 rings (SSSR count). The number of aromatic nitrogens is 4. The minimum Gasteiger partial charge on any atom is -0.307 e. The first-order valence-corrected chi connectivity index (χ1v) is 8.58. The molecule has 0 amide bonds. The molecule has 0 aliphatic carbocycles. The normalized spacial score (nSPS) is 11.6. The third-order valence-corrected chi connectivity index (χ3v) is 4.87. The van der Waals surface area contributed by atoms with Gasteiger partial charge >= 0.3 is 0 Å². The van der Waals surface area contributed by atoms with Crippen molar-refractivity contribution in [2.45, 2.75) is 32.2 Å². The molecular formula is C14H16Cl2N4S. The van der Waals surface area contributed by atoms with Crippen LogP contribution >= 0.6 is 34.5 Å². The molecule has 0 saturated heterocycles. The SMILES string of the molecule is CCCc1nn(C)c2c1nc(CCl)n2Cc1ccc(Cl)s1. The fraction of sp³-hybridized carbons (Fsp3) is 0.429. The number of aryl methyl sites for hydroxylation is 2. The van der Waals surface area contributed by atoms with E-state index in [0.717, 1.165) is 46.4 Å². The molecule has 3 aromatic heterocycles. The van der Waals surface area contributed by atoms with Crippen LogP contribution in [0, 0.1) is 0 Å². The zero-order chi connectivity index (χ0) is 15.0. The molecule has 0 fully saturated rings. The molecule has 0 radical (unpaired) electrons. The van der Waals surface area contributed by atoms with E-state index in [9.17, 15) is 0 Å². The number of halogens is 2. The van der Waals surface area contributed by atoms with E-state index in [1.807, 2.05) is 23.9 Å². The molecule has 7 heteroatoms. The van der Waals surface area contributed by atoms with Crippen LogP contribution in [0.15, 0.2) is 12.1 Å². The summed E-state index contributed by atoms with van der Waals surface area (Å²) in [4.78, 5) is 5.88. The molecule has 21 heavy (non-hydrogen) atoms. The summed E-state index contributed by atoms with van der Waals surface area (Å²) in [7, 11) is 1.96. The van der Waals surface area contributed by atoms with Crippen molar-refractivity contribution >= 4 is 45.7 Å². The fourth-order valence-electron chi connectivity index (χ4n) is 2.55. The molecule has 0 spiro atoms. The van der Waals surface area contributed by atoms with Gasteiger partial charge in [-0.05, 0) is 18.6 Å². The second-order valence-electron chi connectivity index (χ2n) is 4.95. The van der Waals surface area contributed by atoms with Crippen LogP contribution in [0.2, 0.25) is 4.34 Å². The number of hydrogen-bond acceptors (Lipinski definition) is 3. The average molecular weight is 343 g/mol. The summed E-state index contributed by atoms with van der Waals surface area (Å²) >= 11 is 13.7. The summed E-state index contributed by atoms with van der Waals surface area (Å²) in [5.74, 6) is 1.26. The molecule has 0 saturated carbocycles. The Morgan fingerprint density at radius 3 is 2.76 bits per heavy atom. The third kappa shape index (κ3) is 2.70. The zero-order valence-electron chi connectivity index (χ0n) is 11.9. The van der Waals surface area contributed by atoms with E-state index in [1.54, 1.807) is 11.3 Å². The van der Waals surface area contributed by atoms with E-state index >= 15 is 0 Å². The molecular weight excluding hydrogens is 327 g/mol. The molecule has 3 heterocycles. The second kappa shape index (κ2) is 5.99. The van der Waals surface area contributed by atoms with Gasteiger partial charge in [0.05, 0.1) is 22.5 Å². The number of imidazole rings is 1. The van der Waals surface area contributed by atoms with Crippen molar-refractivity contribution in [1.29, 1.82) is 0 Å². The standard InChI is InChI=1S/C14H16Cl2N4S/c1-3-4-10-13-14(19(2)18-10)20(12(7-15)17-13)8-9-5-6-11(16)21-9/h5-6H,3-4,7-8H2,1-2H3. The van der Waals surface area contributed by atoms with Crippen LogP contribution in [-0.4, -0.2) is 19.3 Å². The second-order valence-corrected chi connectivity index (χ2v) is 7.01. The lowest BCUT2D eigenvalue weighted by atomic mass is 10.2. The average Bonchev–Trinajstić information content (AvgIpc) is 3.09. The largest absolute Gasteiger partial charge is 0.307 e. The molecule has 112 valence electrons. The van der Waals surface area contributed by atoms with Gasteiger partial charge in [0.25, 0.3) is 0 Å². The number of thiophene rings is 1. The quantitative estimate of drug-likeness (QED) is 0.650. The minimum atomic E-state index is 0.388. The lowest BCUT2D eigenvalue weighted by Gasteiger charge is -2.06. The number of rotatable bonds is 5. The number of alkyl halides is 1. The molecule has 0 bridgehead atoms. The highest BCUT2D eigenvalue weighted by atomic mass is 35.5. The summed E-state index contributed by atoms with van der Waals surface area (Å²) < 4.78 is 4.83. The van der Waals surface area contributed by atoms with Gasteiger partial charge in [-0.25, -0.2) is 4.98 Å². The Balaban J connectivity index is 2.11. The van der Waals surface area contributed by atoms with Crippen LogP contribution in [0.25, 0.3) is 11.2 Å². The fourth-order valence-corrected chi connectivity index (χ4v) is 3.83. The van der Waals surface area contributed by atoms with Crippen molar-refractivity contribution < 1.29 is 0 Å². The van der Waals surface area contributed by atoms with Gasteiger partial charge in [-0.15, -0.1) is 22.9 Å². The van der Waals surface area contributed by atoms with Gasteiger partial charge in [0, 0.05) is 11.9 Å². The van der Waals surface area contributed by atoms with Gasteiger partial charge in [0.1, 0.15) is 11.3 Å². The van der Waals surface area contributed by atoms with E-state index in [2.05, 4.69) is 16.6 Å². The van der Waals surface area contributed by atoms with E-state index in [4.69, 9.17) is 28.2 Å². The first kappa shape index (κ1) is 14.9. The van der Waals surface area contributed by atoms with Gasteiger partial charge in [0.2, 0.25) is 0 Å². The molecule has 0 aromatic carbocycles. The Labute approximate surface area is 137 Å². The van der Waals surface area contributed by atoms with Gasteiger partial charge in [-0.3, -0.25) is 4.68 Å². The summed E-state index contributed by atoms with van der Waals surface area (Å²) in [6.07, 6.45) is 1.98. The molecule has 0 aliphatic rings. The number of hydrogen-bond donors (Lipinski definition) is 0. The van der Waals surface area contributed by atoms with Crippen LogP contribution in [0.4, 0.5) is 0 Å². The number of fused-ring (bicyclic) bond motifs is 1. The van der Waals surface area contributed by atoms with Crippen LogP contribution in [0.1, 0.15) is 29.7 Å². The van der Waals surface area contributed by atoms with Crippen LogP contribution in [0.3, 0.4) is 0 Å². The van der Waals surface area contributed by atoms with Crippen LogP contribution < -0.4 is 0 Å². The van der Waals surface area contributed by atoms with E-state index in [1.165, 1.54) is 4.88 Å². The Kier molecular flexibility index (Phi) is 4.24. The van der Waals surface area contributed by atoms with Crippen LogP contribution in [-0.2, 0) is 25.9 Å². The maximum absolute atomic E-state index is 6.08. The van der Waals surface area contributed by atoms with Crippen molar-refractivity contribution in [1.82, 2.24) is 19.3 Å². The topological polar surface area (TPSA) is 35.6 Å². The van der Waals surface area contributed by atoms with Crippen molar-refractivity contribution in [3.05, 3.63) is 32.9 Å². The Morgan fingerprint density at radius 1 is 1.33 bits per heavy atom. The van der Waals surface area contributed by atoms with Gasteiger partial charge in [0.15, 0.2) is 5.65 Å². The molecule has 0 N–H and O–H groups in total. The van der Waals surface area contributed by atoms with E-state index in [0.29, 0.717) is 5.88 Å². The highest BCUT2D eigenvalue weighted by Gasteiger charge is 2.18. The third-order valence-electron chi connectivity index (χ3n) is 3.42. The predicted molar refractivity (Wildman–Crippen MR) is 88.5 cm³/mol. The maximum Gasteiger partial charge on any atom is 0.159 e. The molecule has 0 atom stereocenters. The van der Waals surface area contributed by atoms with Gasteiger partial charge in [-0.1, -0.05) is 24.9 Å². The molecule has 3 aromatic rings. The summed E-state index contributed by atoms with van der Waals surface area (Å²) in [5.41, 5.74) is 3.04. The predicted octanol–water partition coefficient (Wildman–Crippen LogP) is 4.22. The summed E-state index contributed by atoms with van der Waals surface area (Å²) in [6, 6.07) is 3.96. The van der Waals surface area contributed by atoms with E-state index in [-0.39, 0.29) is 0 Å². The van der Waals surface area contributed by atoms with Crippen molar-refractivity contribution in [2.75, 3.05) is 0 Å². The Bertz CT molecular complexity index is 771. The van der Waals surface area contributed by atoms with Crippen molar-refractivity contribution in [2.24, 2.45) is 7.05 Å². The Hall–Kier alpha value is -1.04. The molecule has 4 nitrogen and oxygen atoms in total. The van der Waals surface area contributed by atoms with Crippen molar-refractivity contribution in [3.63, 3.8) is 0 Å². The van der Waals surface area contributed by atoms with Crippen LogP contribution in [0.5, 0.6) is 0 Å². The lowest BCUT2D eigenvalue weighted by Crippen LogP contribution is -2.06. The maximum atomic E-state index is 6.08. The smallest absolute Gasteiger partial charge is 0.159 e. The monoisotopic (exact) mass is 342 g/mol. The number of nitrogens with zero attached hydrogens (tertiary/aromatic N) is 4. The van der Waals surface area contributed by atoms with Gasteiger partial charge < -0.3 is 4.57 Å². The summed E-state index contributed by atoms with van der Waals surface area (Å²) in [5, 5.41) is 4.59. The molecule has 0 unspecified atom stereocenters. The first-order chi connectivity index (χ1) is 10.1. The first-order valence-electron chi connectivity index (χ1n) is 6.85. The highest BCUT2D eigenvalue weighted by Crippen LogP contribution is 2.26. The summed E-state index contributed by atoms with van der Waals surface area (Å²) in [6.45, 7) is 2.87. The van der Waals surface area contributed by atoms with Crippen molar-refractivity contribution in [3.8, 4) is 0 Å². The zero-order valence-corrected chi connectivity index (χ0v) is 14.3. The van der Waals surface area contributed by atoms with Gasteiger partial charge in [-0.2, -0.15) is 5.10 Å². The minimum absolute atomic E-state index is 0.388. The van der Waals surface area contributed by atoms with E-state index < -0.39 is 0 Å². The Morgan fingerprint density at radius 2 is 2.14 bits per heavy atom. The lowest BCUT2D eigenvalue weighted by molar-refractivity contribution is 0.696.